The van der Waals surface area contributed by atoms with Crippen LogP contribution < -0.4 is 5.73 Å². The molecular weight excluding hydrogens is 232 g/mol. The largest absolute Gasteiger partial charge is 0.324 e. The molecule has 1 unspecified atom stereocenters. The smallest absolute Gasteiger partial charge is 0.0307 e. The summed E-state index contributed by atoms with van der Waals surface area (Å²) in [4.78, 5) is 2.64. The van der Waals surface area contributed by atoms with Crippen molar-refractivity contribution in [2.75, 3.05) is 13.1 Å². The van der Waals surface area contributed by atoms with Gasteiger partial charge in [-0.05, 0) is 31.4 Å². The topological polar surface area (TPSA) is 29.3 Å². The third-order valence-corrected chi connectivity index (χ3v) is 4.45. The number of hydrogen-bond acceptors (Lipinski definition) is 2. The minimum absolute atomic E-state index is 0.179. The average Bonchev–Trinajstić information content (AvgIpc) is 2.49. The third-order valence-electron chi connectivity index (χ3n) is 4.45. The van der Waals surface area contributed by atoms with Gasteiger partial charge in [0.2, 0.25) is 0 Å². The first-order valence-corrected chi connectivity index (χ1v) is 7.86. The Morgan fingerprint density at radius 3 is 2.47 bits per heavy atom. The highest BCUT2D eigenvalue weighted by Crippen LogP contribution is 2.23. The van der Waals surface area contributed by atoms with Crippen molar-refractivity contribution >= 4 is 0 Å². The van der Waals surface area contributed by atoms with Crippen molar-refractivity contribution in [1.82, 2.24) is 4.90 Å². The Labute approximate surface area is 118 Å². The maximum Gasteiger partial charge on any atom is 0.0307 e. The molecule has 1 saturated carbocycles. The van der Waals surface area contributed by atoms with Crippen molar-refractivity contribution in [3.8, 4) is 0 Å². The van der Waals surface area contributed by atoms with Crippen LogP contribution in [0.2, 0.25) is 0 Å². The summed E-state index contributed by atoms with van der Waals surface area (Å²) in [7, 11) is 0. The lowest BCUT2D eigenvalue weighted by Gasteiger charge is -2.34. The van der Waals surface area contributed by atoms with Crippen molar-refractivity contribution in [2.24, 2.45) is 5.73 Å². The number of nitrogens with zero attached hydrogens (tertiary/aromatic N) is 1. The van der Waals surface area contributed by atoms with Crippen molar-refractivity contribution < 1.29 is 0 Å². The molecule has 0 heterocycles. The van der Waals surface area contributed by atoms with E-state index in [1.54, 1.807) is 0 Å². The van der Waals surface area contributed by atoms with Crippen LogP contribution in [-0.4, -0.2) is 24.0 Å². The molecule has 2 N–H and O–H groups in total. The van der Waals surface area contributed by atoms with Gasteiger partial charge in [0.15, 0.2) is 0 Å². The molecule has 1 aliphatic carbocycles. The van der Waals surface area contributed by atoms with Crippen LogP contribution in [0.25, 0.3) is 0 Å². The van der Waals surface area contributed by atoms with E-state index < -0.39 is 0 Å². The summed E-state index contributed by atoms with van der Waals surface area (Å²) in [6.45, 7) is 4.58. The van der Waals surface area contributed by atoms with E-state index in [0.717, 1.165) is 25.6 Å². The first kappa shape index (κ1) is 14.5. The van der Waals surface area contributed by atoms with Gasteiger partial charge in [-0.25, -0.2) is 0 Å². The van der Waals surface area contributed by atoms with Gasteiger partial charge >= 0.3 is 0 Å². The lowest BCUT2D eigenvalue weighted by atomic mass is 9.93. The second kappa shape index (κ2) is 7.66. The molecule has 2 rings (SSSR count). The first-order valence-electron chi connectivity index (χ1n) is 7.86. The summed E-state index contributed by atoms with van der Waals surface area (Å²) in [5.41, 5.74) is 7.57. The van der Waals surface area contributed by atoms with Crippen LogP contribution in [0.5, 0.6) is 0 Å². The molecule has 19 heavy (non-hydrogen) atoms. The first-order chi connectivity index (χ1) is 9.31. The standard InChI is InChI=1S/C17H28N2/c1-2-19(16-11-7-4-8-12-16)14-13-17(18)15-9-5-3-6-10-15/h3,5-6,9-10,16-17H,2,4,7-8,11-14,18H2,1H3. The van der Waals surface area contributed by atoms with Gasteiger partial charge < -0.3 is 10.6 Å². The van der Waals surface area contributed by atoms with Crippen LogP contribution in [0.3, 0.4) is 0 Å². The molecule has 0 aromatic heterocycles. The van der Waals surface area contributed by atoms with Crippen LogP contribution in [0.15, 0.2) is 30.3 Å². The maximum absolute atomic E-state index is 6.30. The minimum Gasteiger partial charge on any atom is -0.324 e. The summed E-state index contributed by atoms with van der Waals surface area (Å²) in [6, 6.07) is 11.5. The molecule has 0 spiro atoms. The maximum atomic E-state index is 6.30. The second-order valence-corrected chi connectivity index (χ2v) is 5.73. The van der Waals surface area contributed by atoms with E-state index >= 15 is 0 Å². The molecule has 1 atom stereocenters. The molecule has 0 saturated heterocycles. The zero-order chi connectivity index (χ0) is 13.5. The molecule has 106 valence electrons. The van der Waals surface area contributed by atoms with Crippen molar-refractivity contribution in [2.45, 2.75) is 57.5 Å². The van der Waals surface area contributed by atoms with Crippen LogP contribution in [0.1, 0.15) is 57.1 Å². The van der Waals surface area contributed by atoms with Crippen LogP contribution >= 0.6 is 0 Å². The van der Waals surface area contributed by atoms with Crippen LogP contribution in [-0.2, 0) is 0 Å². The molecule has 0 amide bonds. The Morgan fingerprint density at radius 2 is 1.84 bits per heavy atom. The van der Waals surface area contributed by atoms with Crippen LogP contribution in [0, 0.1) is 0 Å². The van der Waals surface area contributed by atoms with Gasteiger partial charge in [-0.3, -0.25) is 0 Å². The molecule has 1 aliphatic rings. The third kappa shape index (κ3) is 4.32. The van der Waals surface area contributed by atoms with Gasteiger partial charge in [-0.2, -0.15) is 0 Å². The average molecular weight is 260 g/mol. The SMILES string of the molecule is CCN(CCC(N)c1ccccc1)C1CCCCC1. The number of hydrogen-bond donors (Lipinski definition) is 1. The predicted molar refractivity (Wildman–Crippen MR) is 82.1 cm³/mol. The van der Waals surface area contributed by atoms with Crippen molar-refractivity contribution in [3.63, 3.8) is 0 Å². The summed E-state index contributed by atoms with van der Waals surface area (Å²) < 4.78 is 0. The zero-order valence-corrected chi connectivity index (χ0v) is 12.2. The molecule has 2 heteroatoms. The number of benzene rings is 1. The van der Waals surface area contributed by atoms with E-state index in [1.165, 1.54) is 37.7 Å². The fraction of sp³-hybridized carbons (Fsp3) is 0.647. The second-order valence-electron chi connectivity index (χ2n) is 5.73. The Hall–Kier alpha value is -0.860. The summed E-state index contributed by atoms with van der Waals surface area (Å²) in [5.74, 6) is 0. The fourth-order valence-corrected chi connectivity index (χ4v) is 3.22. The Bertz CT molecular complexity index is 344. The molecule has 0 bridgehead atoms. The van der Waals surface area contributed by atoms with E-state index in [9.17, 15) is 0 Å². The van der Waals surface area contributed by atoms with Gasteiger partial charge in [0, 0.05) is 18.6 Å². The quantitative estimate of drug-likeness (QED) is 0.844. The van der Waals surface area contributed by atoms with Gasteiger partial charge in [0.25, 0.3) is 0 Å². The molecule has 0 aliphatic heterocycles. The normalized spacial score (nSPS) is 18.7. The molecule has 1 aromatic carbocycles. The summed E-state index contributed by atoms with van der Waals surface area (Å²) in [6.07, 6.45) is 8.08. The highest BCUT2D eigenvalue weighted by molar-refractivity contribution is 5.18. The predicted octanol–water partition coefficient (Wildman–Crippen LogP) is 3.73. The van der Waals surface area contributed by atoms with E-state index in [4.69, 9.17) is 5.73 Å². The highest BCUT2D eigenvalue weighted by atomic mass is 15.1. The summed E-state index contributed by atoms with van der Waals surface area (Å²) in [5, 5.41) is 0. The van der Waals surface area contributed by atoms with Crippen LogP contribution in [0.4, 0.5) is 0 Å². The minimum atomic E-state index is 0.179. The van der Waals surface area contributed by atoms with E-state index in [-0.39, 0.29) is 6.04 Å². The highest BCUT2D eigenvalue weighted by Gasteiger charge is 2.20. The Morgan fingerprint density at radius 1 is 1.16 bits per heavy atom. The Balaban J connectivity index is 1.82. The van der Waals surface area contributed by atoms with Gasteiger partial charge in [-0.1, -0.05) is 56.5 Å². The van der Waals surface area contributed by atoms with Gasteiger partial charge in [-0.15, -0.1) is 0 Å². The lowest BCUT2D eigenvalue weighted by molar-refractivity contribution is 0.159. The molecular formula is C17H28N2. The number of rotatable bonds is 6. The molecule has 2 nitrogen and oxygen atoms in total. The summed E-state index contributed by atoms with van der Waals surface area (Å²) >= 11 is 0. The monoisotopic (exact) mass is 260 g/mol. The Kier molecular flexibility index (Phi) is 5.87. The van der Waals surface area contributed by atoms with Crippen molar-refractivity contribution in [3.05, 3.63) is 35.9 Å². The van der Waals surface area contributed by atoms with E-state index in [2.05, 4.69) is 42.2 Å². The molecule has 1 fully saturated rings. The lowest BCUT2D eigenvalue weighted by Crippen LogP contribution is -2.38. The van der Waals surface area contributed by atoms with E-state index in [0.29, 0.717) is 0 Å². The van der Waals surface area contributed by atoms with Crippen molar-refractivity contribution in [1.29, 1.82) is 0 Å². The zero-order valence-electron chi connectivity index (χ0n) is 12.2. The van der Waals surface area contributed by atoms with E-state index in [1.807, 2.05) is 0 Å². The molecule has 1 aromatic rings. The molecule has 0 radical (unpaired) electrons. The number of nitrogens with two attached hydrogens (primary N) is 1. The fourth-order valence-electron chi connectivity index (χ4n) is 3.22. The van der Waals surface area contributed by atoms with Gasteiger partial charge in [0.1, 0.15) is 0 Å². The van der Waals surface area contributed by atoms with Gasteiger partial charge in [0.05, 0.1) is 0 Å².